The number of benzene rings is 2. The molecule has 1 aliphatic heterocycles. The second-order valence-corrected chi connectivity index (χ2v) is 5.57. The summed E-state index contributed by atoms with van der Waals surface area (Å²) in [5.74, 6) is 1.32. The van der Waals surface area contributed by atoms with Gasteiger partial charge in [0.15, 0.2) is 11.5 Å². The van der Waals surface area contributed by atoms with Crippen molar-refractivity contribution in [1.82, 2.24) is 5.32 Å². The van der Waals surface area contributed by atoms with Crippen LogP contribution in [0.1, 0.15) is 29.7 Å². The first-order valence-electron chi connectivity index (χ1n) is 7.56. The SMILES string of the molecule is COCc1cc(CN[C@@H](C)c2ccc3c(c2)OCO3)ccc1F. The summed E-state index contributed by atoms with van der Waals surface area (Å²) in [5, 5.41) is 3.44. The Bertz CT molecular complexity index is 690. The summed E-state index contributed by atoms with van der Waals surface area (Å²) < 4.78 is 29.4. The lowest BCUT2D eigenvalue weighted by molar-refractivity contribution is 0.174. The second-order valence-electron chi connectivity index (χ2n) is 5.57. The summed E-state index contributed by atoms with van der Waals surface area (Å²) >= 11 is 0. The molecule has 1 aliphatic rings. The van der Waals surface area contributed by atoms with E-state index < -0.39 is 0 Å². The minimum absolute atomic E-state index is 0.139. The van der Waals surface area contributed by atoms with Crippen molar-refractivity contribution < 1.29 is 18.6 Å². The van der Waals surface area contributed by atoms with Gasteiger partial charge in [-0.3, -0.25) is 0 Å². The van der Waals surface area contributed by atoms with Gasteiger partial charge in [-0.05, 0) is 42.3 Å². The number of hydrogen-bond acceptors (Lipinski definition) is 4. The number of nitrogens with one attached hydrogen (secondary N) is 1. The molecule has 0 spiro atoms. The molecule has 0 radical (unpaired) electrons. The summed E-state index contributed by atoms with van der Waals surface area (Å²) in [6, 6.07) is 11.2. The zero-order chi connectivity index (χ0) is 16.2. The van der Waals surface area contributed by atoms with Crippen LogP contribution in [0.5, 0.6) is 11.5 Å². The molecule has 4 nitrogen and oxygen atoms in total. The maximum absolute atomic E-state index is 13.6. The monoisotopic (exact) mass is 317 g/mol. The molecule has 122 valence electrons. The standard InChI is InChI=1S/C18H20FNO3/c1-12(14-4-6-17-18(8-14)23-11-22-17)20-9-13-3-5-16(19)15(7-13)10-21-2/h3-8,12,20H,9-11H2,1-2H3/t12-/m0/s1. The van der Waals surface area contributed by atoms with E-state index in [0.717, 1.165) is 22.6 Å². The molecular formula is C18H20FNO3. The third-order valence-electron chi connectivity index (χ3n) is 3.92. The number of ether oxygens (including phenoxy) is 3. The Morgan fingerprint density at radius 2 is 2.00 bits per heavy atom. The molecule has 0 amide bonds. The topological polar surface area (TPSA) is 39.7 Å². The molecule has 1 heterocycles. The molecule has 0 fully saturated rings. The van der Waals surface area contributed by atoms with E-state index in [4.69, 9.17) is 14.2 Å². The zero-order valence-electron chi connectivity index (χ0n) is 13.3. The van der Waals surface area contributed by atoms with Gasteiger partial charge >= 0.3 is 0 Å². The van der Waals surface area contributed by atoms with Gasteiger partial charge in [-0.15, -0.1) is 0 Å². The minimum atomic E-state index is -0.237. The predicted octanol–water partition coefficient (Wildman–Crippen LogP) is 3.55. The highest BCUT2D eigenvalue weighted by Gasteiger charge is 2.15. The van der Waals surface area contributed by atoms with Gasteiger partial charge in [-0.2, -0.15) is 0 Å². The van der Waals surface area contributed by atoms with Crippen molar-refractivity contribution in [2.45, 2.75) is 26.1 Å². The van der Waals surface area contributed by atoms with Crippen molar-refractivity contribution in [1.29, 1.82) is 0 Å². The molecule has 1 atom stereocenters. The van der Waals surface area contributed by atoms with Crippen LogP contribution in [0.4, 0.5) is 4.39 Å². The number of rotatable bonds is 6. The summed E-state index contributed by atoms with van der Waals surface area (Å²) in [6.07, 6.45) is 0. The smallest absolute Gasteiger partial charge is 0.231 e. The Hall–Kier alpha value is -2.11. The molecule has 1 N–H and O–H groups in total. The van der Waals surface area contributed by atoms with Crippen LogP contribution >= 0.6 is 0 Å². The van der Waals surface area contributed by atoms with Gasteiger partial charge in [0, 0.05) is 25.3 Å². The van der Waals surface area contributed by atoms with E-state index in [1.165, 1.54) is 6.07 Å². The van der Waals surface area contributed by atoms with E-state index in [0.29, 0.717) is 12.1 Å². The fraction of sp³-hybridized carbons (Fsp3) is 0.333. The highest BCUT2D eigenvalue weighted by molar-refractivity contribution is 5.45. The number of methoxy groups -OCH3 is 1. The third-order valence-corrected chi connectivity index (χ3v) is 3.92. The Morgan fingerprint density at radius 3 is 2.83 bits per heavy atom. The number of hydrogen-bond donors (Lipinski definition) is 1. The summed E-state index contributed by atoms with van der Waals surface area (Å²) in [7, 11) is 1.56. The molecule has 0 bridgehead atoms. The predicted molar refractivity (Wildman–Crippen MR) is 84.9 cm³/mol. The fourth-order valence-corrected chi connectivity index (χ4v) is 2.58. The normalized spacial score (nSPS) is 14.0. The summed E-state index contributed by atoms with van der Waals surface area (Å²) in [5.41, 5.74) is 2.71. The second kappa shape index (κ2) is 6.98. The number of halogens is 1. The molecule has 23 heavy (non-hydrogen) atoms. The molecule has 0 aromatic heterocycles. The fourth-order valence-electron chi connectivity index (χ4n) is 2.58. The Kier molecular flexibility index (Phi) is 4.79. The van der Waals surface area contributed by atoms with Crippen LogP contribution in [-0.2, 0) is 17.9 Å². The first kappa shape index (κ1) is 15.8. The van der Waals surface area contributed by atoms with Crippen LogP contribution in [0.2, 0.25) is 0 Å². The van der Waals surface area contributed by atoms with Crippen molar-refractivity contribution in [2.75, 3.05) is 13.9 Å². The third kappa shape index (κ3) is 3.63. The van der Waals surface area contributed by atoms with E-state index in [9.17, 15) is 4.39 Å². The van der Waals surface area contributed by atoms with Crippen LogP contribution in [0.15, 0.2) is 36.4 Å². The van der Waals surface area contributed by atoms with Gasteiger partial charge in [-0.25, -0.2) is 4.39 Å². The summed E-state index contributed by atoms with van der Waals surface area (Å²) in [6.45, 7) is 3.28. The highest BCUT2D eigenvalue weighted by atomic mass is 19.1. The Balaban J connectivity index is 1.64. The van der Waals surface area contributed by atoms with Crippen LogP contribution in [0.3, 0.4) is 0 Å². The zero-order valence-corrected chi connectivity index (χ0v) is 13.3. The van der Waals surface area contributed by atoms with Gasteiger partial charge in [0.05, 0.1) is 6.61 Å². The van der Waals surface area contributed by atoms with Gasteiger partial charge in [0.1, 0.15) is 5.82 Å². The van der Waals surface area contributed by atoms with E-state index in [1.807, 2.05) is 24.3 Å². The molecule has 3 rings (SSSR count). The van der Waals surface area contributed by atoms with E-state index in [1.54, 1.807) is 13.2 Å². The minimum Gasteiger partial charge on any atom is -0.454 e. The first-order chi connectivity index (χ1) is 11.2. The molecule has 2 aromatic rings. The highest BCUT2D eigenvalue weighted by Crippen LogP contribution is 2.34. The molecule has 0 saturated heterocycles. The lowest BCUT2D eigenvalue weighted by atomic mass is 10.1. The molecular weight excluding hydrogens is 297 g/mol. The Morgan fingerprint density at radius 1 is 1.17 bits per heavy atom. The average molecular weight is 317 g/mol. The van der Waals surface area contributed by atoms with Crippen LogP contribution in [-0.4, -0.2) is 13.9 Å². The molecule has 2 aromatic carbocycles. The van der Waals surface area contributed by atoms with Gasteiger partial charge < -0.3 is 19.5 Å². The number of fused-ring (bicyclic) bond motifs is 1. The average Bonchev–Trinajstić information content (AvgIpc) is 3.03. The van der Waals surface area contributed by atoms with Crippen molar-refractivity contribution in [3.8, 4) is 11.5 Å². The lowest BCUT2D eigenvalue weighted by Gasteiger charge is -2.15. The van der Waals surface area contributed by atoms with Crippen LogP contribution in [0, 0.1) is 5.82 Å². The van der Waals surface area contributed by atoms with Crippen molar-refractivity contribution >= 4 is 0 Å². The van der Waals surface area contributed by atoms with Gasteiger partial charge in [0.25, 0.3) is 0 Å². The quantitative estimate of drug-likeness (QED) is 0.884. The van der Waals surface area contributed by atoms with Crippen molar-refractivity contribution in [2.24, 2.45) is 0 Å². The van der Waals surface area contributed by atoms with Crippen molar-refractivity contribution in [3.63, 3.8) is 0 Å². The lowest BCUT2D eigenvalue weighted by Crippen LogP contribution is -2.18. The van der Waals surface area contributed by atoms with Gasteiger partial charge in [-0.1, -0.05) is 12.1 Å². The first-order valence-corrected chi connectivity index (χ1v) is 7.56. The largest absolute Gasteiger partial charge is 0.454 e. The van der Waals surface area contributed by atoms with Crippen LogP contribution < -0.4 is 14.8 Å². The molecule has 0 saturated carbocycles. The maximum Gasteiger partial charge on any atom is 0.231 e. The van der Waals surface area contributed by atoms with E-state index in [-0.39, 0.29) is 25.3 Å². The van der Waals surface area contributed by atoms with E-state index in [2.05, 4.69) is 12.2 Å². The van der Waals surface area contributed by atoms with Gasteiger partial charge in [0.2, 0.25) is 6.79 Å². The Labute approximate surface area is 135 Å². The summed E-state index contributed by atoms with van der Waals surface area (Å²) in [4.78, 5) is 0. The van der Waals surface area contributed by atoms with E-state index >= 15 is 0 Å². The van der Waals surface area contributed by atoms with Crippen LogP contribution in [0.25, 0.3) is 0 Å². The maximum atomic E-state index is 13.6. The molecule has 5 heteroatoms. The molecule has 0 aliphatic carbocycles. The molecule has 0 unspecified atom stereocenters. The van der Waals surface area contributed by atoms with Crippen molar-refractivity contribution in [3.05, 3.63) is 58.9 Å².